The third-order valence-electron chi connectivity index (χ3n) is 7.35. The largest absolute Gasteiger partial charge is 0.493 e. The molecule has 0 N–H and O–H groups in total. The van der Waals surface area contributed by atoms with Crippen LogP contribution in [0.3, 0.4) is 0 Å². The van der Waals surface area contributed by atoms with Crippen molar-refractivity contribution in [1.29, 1.82) is 0 Å². The minimum Gasteiger partial charge on any atom is -0.493 e. The number of piperidine rings is 2. The Labute approximate surface area is 199 Å². The molecular weight excluding hydrogens is 432 g/mol. The molecule has 0 aliphatic carbocycles. The van der Waals surface area contributed by atoms with E-state index in [9.17, 15) is 8.42 Å². The molecule has 0 radical (unpaired) electrons. The Morgan fingerprint density at radius 1 is 0.909 bits per heavy atom. The van der Waals surface area contributed by atoms with Crippen molar-refractivity contribution in [3.63, 3.8) is 0 Å². The van der Waals surface area contributed by atoms with Crippen LogP contribution in [-0.2, 0) is 16.6 Å². The van der Waals surface area contributed by atoms with Crippen molar-refractivity contribution in [1.82, 2.24) is 9.21 Å². The van der Waals surface area contributed by atoms with Crippen LogP contribution in [0.5, 0.6) is 5.75 Å². The van der Waals surface area contributed by atoms with Gasteiger partial charge in [0.2, 0.25) is 10.0 Å². The first-order valence-corrected chi connectivity index (χ1v) is 13.7. The zero-order valence-electron chi connectivity index (χ0n) is 20.3. The summed E-state index contributed by atoms with van der Waals surface area (Å²) in [6, 6.07) is 15.7. The Morgan fingerprint density at radius 3 is 2.18 bits per heavy atom. The highest BCUT2D eigenvalue weighted by Crippen LogP contribution is 2.42. The molecule has 4 rings (SSSR count). The van der Waals surface area contributed by atoms with Gasteiger partial charge in [-0.3, -0.25) is 4.90 Å². The first kappa shape index (κ1) is 24.2. The number of nitrogens with zero attached hydrogens (tertiary/aromatic N) is 2. The zero-order chi connectivity index (χ0) is 23.5. The van der Waals surface area contributed by atoms with E-state index >= 15 is 0 Å². The van der Waals surface area contributed by atoms with Gasteiger partial charge in [-0.15, -0.1) is 0 Å². The van der Waals surface area contributed by atoms with Crippen molar-refractivity contribution >= 4 is 10.0 Å². The standard InChI is InChI=1S/C27H38N2O3S/c1-22(2)21-32-25-10-6-5-9-24(25)20-28-16-12-27(13-17-28)14-18-29(19-15-27)33(30,31)26-11-7-4-8-23(26)3/h4-11,22H,12-21H2,1-3H3. The van der Waals surface area contributed by atoms with E-state index in [1.807, 2.05) is 31.2 Å². The smallest absolute Gasteiger partial charge is 0.243 e. The summed E-state index contributed by atoms with van der Waals surface area (Å²) < 4.78 is 34.1. The zero-order valence-corrected chi connectivity index (χ0v) is 21.1. The van der Waals surface area contributed by atoms with Crippen molar-refractivity contribution in [2.24, 2.45) is 11.3 Å². The van der Waals surface area contributed by atoms with E-state index in [1.54, 1.807) is 10.4 Å². The second-order valence-electron chi connectivity index (χ2n) is 10.3. The molecule has 180 valence electrons. The maximum absolute atomic E-state index is 13.2. The summed E-state index contributed by atoms with van der Waals surface area (Å²) in [4.78, 5) is 2.98. The van der Waals surface area contributed by atoms with Crippen molar-refractivity contribution < 1.29 is 13.2 Å². The van der Waals surface area contributed by atoms with Gasteiger partial charge in [-0.05, 0) is 74.7 Å². The Kier molecular flexibility index (Phi) is 7.46. The number of hydrogen-bond acceptors (Lipinski definition) is 4. The fourth-order valence-corrected chi connectivity index (χ4v) is 6.81. The van der Waals surface area contributed by atoms with Crippen LogP contribution >= 0.6 is 0 Å². The molecule has 0 unspecified atom stereocenters. The van der Waals surface area contributed by atoms with E-state index in [0.717, 1.165) is 63.2 Å². The molecule has 6 heteroatoms. The van der Waals surface area contributed by atoms with Crippen LogP contribution in [0.1, 0.15) is 50.7 Å². The number of rotatable bonds is 7. The lowest BCUT2D eigenvalue weighted by atomic mass is 9.71. The minimum atomic E-state index is -3.41. The predicted octanol–water partition coefficient (Wildman–Crippen LogP) is 5.10. The molecule has 5 nitrogen and oxygen atoms in total. The number of sulfonamides is 1. The number of likely N-dealkylation sites (tertiary alicyclic amines) is 1. The van der Waals surface area contributed by atoms with Crippen LogP contribution in [0.25, 0.3) is 0 Å². The number of benzene rings is 2. The fraction of sp³-hybridized carbons (Fsp3) is 0.556. The number of ether oxygens (including phenoxy) is 1. The average Bonchev–Trinajstić information content (AvgIpc) is 2.80. The quantitative estimate of drug-likeness (QED) is 0.565. The van der Waals surface area contributed by atoms with Crippen LogP contribution in [0.15, 0.2) is 53.4 Å². The van der Waals surface area contributed by atoms with Crippen LogP contribution < -0.4 is 4.74 Å². The topological polar surface area (TPSA) is 49.9 Å². The predicted molar refractivity (Wildman–Crippen MR) is 133 cm³/mol. The van der Waals surface area contributed by atoms with Gasteiger partial charge < -0.3 is 4.74 Å². The van der Waals surface area contributed by atoms with Gasteiger partial charge >= 0.3 is 0 Å². The highest BCUT2D eigenvalue weighted by atomic mass is 32.2. The Bertz CT molecular complexity index is 1030. The molecule has 2 aromatic rings. The normalized spacial score (nSPS) is 19.8. The Hall–Kier alpha value is -1.89. The molecule has 1 spiro atoms. The van der Waals surface area contributed by atoms with E-state index in [0.29, 0.717) is 23.9 Å². The number of hydrogen-bond donors (Lipinski definition) is 0. The highest BCUT2D eigenvalue weighted by Gasteiger charge is 2.40. The molecule has 2 saturated heterocycles. The van der Waals surface area contributed by atoms with E-state index in [1.165, 1.54) is 5.56 Å². The van der Waals surface area contributed by atoms with Gasteiger partial charge in [-0.25, -0.2) is 8.42 Å². The van der Waals surface area contributed by atoms with E-state index in [4.69, 9.17) is 4.74 Å². The van der Waals surface area contributed by atoms with E-state index in [-0.39, 0.29) is 5.41 Å². The molecule has 0 atom stereocenters. The van der Waals surface area contributed by atoms with Crippen molar-refractivity contribution in [3.05, 3.63) is 59.7 Å². The Morgan fingerprint density at radius 2 is 1.52 bits per heavy atom. The van der Waals surface area contributed by atoms with E-state index < -0.39 is 10.0 Å². The fourth-order valence-electron chi connectivity index (χ4n) is 5.14. The molecule has 0 amide bonds. The molecule has 2 heterocycles. The molecule has 2 aliphatic heterocycles. The third kappa shape index (κ3) is 5.61. The van der Waals surface area contributed by atoms with Gasteiger partial charge in [-0.1, -0.05) is 50.2 Å². The third-order valence-corrected chi connectivity index (χ3v) is 9.41. The van der Waals surface area contributed by atoms with Gasteiger partial charge in [-0.2, -0.15) is 4.31 Å². The van der Waals surface area contributed by atoms with E-state index in [2.05, 4.69) is 36.9 Å². The molecule has 0 aromatic heterocycles. The number of aryl methyl sites for hydroxylation is 1. The molecule has 2 fully saturated rings. The summed E-state index contributed by atoms with van der Waals surface area (Å²) in [7, 11) is -3.41. The first-order chi connectivity index (χ1) is 15.8. The summed E-state index contributed by atoms with van der Waals surface area (Å²) in [5, 5.41) is 0. The monoisotopic (exact) mass is 470 g/mol. The average molecular weight is 471 g/mol. The maximum atomic E-state index is 13.2. The second kappa shape index (κ2) is 10.2. The highest BCUT2D eigenvalue weighted by molar-refractivity contribution is 7.89. The summed E-state index contributed by atoms with van der Waals surface area (Å²) in [6.45, 7) is 11.2. The molecule has 33 heavy (non-hydrogen) atoms. The van der Waals surface area contributed by atoms with Crippen LogP contribution in [0.4, 0.5) is 0 Å². The molecule has 2 aromatic carbocycles. The molecule has 0 bridgehead atoms. The summed E-state index contributed by atoms with van der Waals surface area (Å²) in [5.74, 6) is 1.51. The first-order valence-electron chi connectivity index (χ1n) is 12.3. The van der Waals surface area contributed by atoms with Crippen LogP contribution in [0.2, 0.25) is 0 Å². The Balaban J connectivity index is 1.33. The van der Waals surface area contributed by atoms with Gasteiger partial charge in [0, 0.05) is 25.2 Å². The lowest BCUT2D eigenvalue weighted by Gasteiger charge is -2.46. The van der Waals surface area contributed by atoms with Crippen LogP contribution in [0, 0.1) is 18.3 Å². The summed E-state index contributed by atoms with van der Waals surface area (Å²) >= 11 is 0. The summed E-state index contributed by atoms with van der Waals surface area (Å²) in [5.41, 5.74) is 2.36. The van der Waals surface area contributed by atoms with Gasteiger partial charge in [0.05, 0.1) is 11.5 Å². The van der Waals surface area contributed by atoms with Crippen molar-refractivity contribution in [2.45, 2.75) is 57.9 Å². The van der Waals surface area contributed by atoms with Crippen molar-refractivity contribution in [3.8, 4) is 5.75 Å². The molecule has 0 saturated carbocycles. The van der Waals surface area contributed by atoms with Gasteiger partial charge in [0.15, 0.2) is 0 Å². The van der Waals surface area contributed by atoms with Crippen LogP contribution in [-0.4, -0.2) is 50.4 Å². The SMILES string of the molecule is Cc1ccccc1S(=O)(=O)N1CCC2(CCN(Cc3ccccc3OCC(C)C)CC2)CC1. The summed E-state index contributed by atoms with van der Waals surface area (Å²) in [6.07, 6.45) is 4.20. The van der Waals surface area contributed by atoms with Gasteiger partial charge in [0.25, 0.3) is 0 Å². The lowest BCUT2D eigenvalue weighted by molar-refractivity contribution is 0.0525. The minimum absolute atomic E-state index is 0.280. The lowest BCUT2D eigenvalue weighted by Crippen LogP contribution is -2.48. The maximum Gasteiger partial charge on any atom is 0.243 e. The number of para-hydroxylation sites is 1. The second-order valence-corrected chi connectivity index (χ2v) is 12.2. The molecular formula is C27H38N2O3S. The molecule has 2 aliphatic rings. The van der Waals surface area contributed by atoms with Gasteiger partial charge in [0.1, 0.15) is 5.75 Å². The van der Waals surface area contributed by atoms with Crippen molar-refractivity contribution in [2.75, 3.05) is 32.8 Å².